The van der Waals surface area contributed by atoms with Gasteiger partial charge >= 0.3 is 0 Å². The average Bonchev–Trinajstić information content (AvgIpc) is 3.10. The summed E-state index contributed by atoms with van der Waals surface area (Å²) in [5.74, 6) is 1.62. The Morgan fingerprint density at radius 2 is 2.14 bits per heavy atom. The quantitative estimate of drug-likeness (QED) is 0.723. The van der Waals surface area contributed by atoms with E-state index in [-0.39, 0.29) is 0 Å². The Bertz CT molecular complexity index is 743. The normalized spacial score (nSPS) is 11.4. The van der Waals surface area contributed by atoms with Crippen molar-refractivity contribution >= 4 is 11.0 Å². The van der Waals surface area contributed by atoms with Crippen molar-refractivity contribution in [2.24, 2.45) is 0 Å². The molecule has 1 aromatic carbocycles. The van der Waals surface area contributed by atoms with Gasteiger partial charge in [-0.1, -0.05) is 0 Å². The zero-order chi connectivity index (χ0) is 14.8. The molecule has 0 radical (unpaired) electrons. The summed E-state index contributed by atoms with van der Waals surface area (Å²) >= 11 is 0. The second-order valence-electron chi connectivity index (χ2n) is 5.31. The van der Waals surface area contributed by atoms with Gasteiger partial charge in [-0.05, 0) is 32.3 Å². The number of ether oxygens (including phenoxy) is 1. The molecule has 110 valence electrons. The molecule has 2 heterocycles. The Hall–Kier alpha value is -2.27. The van der Waals surface area contributed by atoms with Crippen LogP contribution in [0.15, 0.2) is 41.1 Å². The number of furan rings is 1. The second-order valence-corrected chi connectivity index (χ2v) is 5.31. The molecule has 0 atom stereocenters. The van der Waals surface area contributed by atoms with Crippen LogP contribution in [0.4, 0.5) is 0 Å². The molecular formula is C16H19N3O2. The van der Waals surface area contributed by atoms with E-state index in [0.29, 0.717) is 0 Å². The van der Waals surface area contributed by atoms with Gasteiger partial charge in [-0.2, -0.15) is 5.10 Å². The fourth-order valence-corrected chi connectivity index (χ4v) is 2.20. The molecule has 2 aromatic heterocycles. The zero-order valence-corrected chi connectivity index (χ0v) is 12.5. The summed E-state index contributed by atoms with van der Waals surface area (Å²) in [5.41, 5.74) is 1.81. The number of fused-ring (bicyclic) bond motifs is 1. The van der Waals surface area contributed by atoms with Crippen molar-refractivity contribution in [1.82, 2.24) is 14.7 Å². The highest BCUT2D eigenvalue weighted by atomic mass is 16.5. The summed E-state index contributed by atoms with van der Waals surface area (Å²) < 4.78 is 13.0. The van der Waals surface area contributed by atoms with Crippen LogP contribution in [-0.4, -0.2) is 42.4 Å². The molecule has 0 aliphatic rings. The van der Waals surface area contributed by atoms with Gasteiger partial charge in [0, 0.05) is 24.2 Å². The smallest absolute Gasteiger partial charge is 0.138 e. The average molecular weight is 285 g/mol. The Morgan fingerprint density at radius 3 is 2.90 bits per heavy atom. The van der Waals surface area contributed by atoms with Gasteiger partial charge in [0.15, 0.2) is 0 Å². The van der Waals surface area contributed by atoms with Gasteiger partial charge in [0.05, 0.1) is 25.4 Å². The van der Waals surface area contributed by atoms with E-state index in [1.165, 1.54) is 0 Å². The molecule has 0 aliphatic heterocycles. The van der Waals surface area contributed by atoms with Gasteiger partial charge in [-0.3, -0.25) is 4.68 Å². The molecule has 3 rings (SSSR count). The third-order valence-corrected chi connectivity index (χ3v) is 3.42. The van der Waals surface area contributed by atoms with Gasteiger partial charge < -0.3 is 14.1 Å². The third-order valence-electron chi connectivity index (χ3n) is 3.42. The summed E-state index contributed by atoms with van der Waals surface area (Å²) in [4.78, 5) is 2.13. The fourth-order valence-electron chi connectivity index (χ4n) is 2.20. The lowest BCUT2D eigenvalue weighted by Gasteiger charge is -2.08. The number of benzene rings is 1. The van der Waals surface area contributed by atoms with Gasteiger partial charge in [0.1, 0.15) is 17.1 Å². The van der Waals surface area contributed by atoms with E-state index < -0.39 is 0 Å². The van der Waals surface area contributed by atoms with E-state index in [0.717, 1.165) is 41.1 Å². The lowest BCUT2D eigenvalue weighted by Crippen LogP contribution is -2.18. The number of rotatable bonds is 5. The van der Waals surface area contributed by atoms with Crippen LogP contribution in [0, 0.1) is 0 Å². The van der Waals surface area contributed by atoms with Crippen LogP contribution in [0.5, 0.6) is 5.75 Å². The minimum absolute atomic E-state index is 0.796. The molecule has 5 nitrogen and oxygen atoms in total. The molecule has 0 saturated carbocycles. The first-order chi connectivity index (χ1) is 10.2. The van der Waals surface area contributed by atoms with E-state index in [1.54, 1.807) is 7.11 Å². The van der Waals surface area contributed by atoms with E-state index >= 15 is 0 Å². The van der Waals surface area contributed by atoms with Crippen LogP contribution in [0.1, 0.15) is 0 Å². The van der Waals surface area contributed by atoms with Crippen molar-refractivity contribution in [2.45, 2.75) is 6.54 Å². The molecule has 0 bridgehead atoms. The molecule has 0 N–H and O–H groups in total. The van der Waals surface area contributed by atoms with Crippen molar-refractivity contribution in [1.29, 1.82) is 0 Å². The summed E-state index contributed by atoms with van der Waals surface area (Å²) in [5, 5.41) is 5.44. The van der Waals surface area contributed by atoms with Crippen LogP contribution >= 0.6 is 0 Å². The Kier molecular flexibility index (Phi) is 3.66. The minimum atomic E-state index is 0.796. The number of hydrogen-bond donors (Lipinski definition) is 0. The number of nitrogens with zero attached hydrogens (tertiary/aromatic N) is 3. The van der Waals surface area contributed by atoms with Crippen LogP contribution in [0.3, 0.4) is 0 Å². The molecular weight excluding hydrogens is 266 g/mol. The van der Waals surface area contributed by atoms with Crippen molar-refractivity contribution in [3.8, 4) is 17.1 Å². The number of hydrogen-bond acceptors (Lipinski definition) is 4. The Labute approximate surface area is 123 Å². The molecule has 3 aromatic rings. The van der Waals surface area contributed by atoms with Crippen molar-refractivity contribution < 1.29 is 9.15 Å². The largest absolute Gasteiger partial charge is 0.497 e. The highest BCUT2D eigenvalue weighted by Crippen LogP contribution is 2.29. The van der Waals surface area contributed by atoms with E-state index in [4.69, 9.17) is 9.15 Å². The highest BCUT2D eigenvalue weighted by molar-refractivity contribution is 5.83. The third kappa shape index (κ3) is 2.92. The SMILES string of the molecule is COc1ccc2cc(-c3cnn(CCN(C)C)c3)oc2c1. The molecule has 0 aliphatic carbocycles. The van der Waals surface area contributed by atoms with E-state index in [9.17, 15) is 0 Å². The lowest BCUT2D eigenvalue weighted by molar-refractivity contribution is 0.373. The first kappa shape index (κ1) is 13.7. The van der Waals surface area contributed by atoms with E-state index in [1.807, 2.05) is 41.3 Å². The molecule has 0 unspecified atom stereocenters. The number of likely N-dealkylation sites (N-methyl/N-ethyl adjacent to an activating group) is 1. The maximum Gasteiger partial charge on any atom is 0.138 e. The molecule has 0 saturated heterocycles. The summed E-state index contributed by atoms with van der Waals surface area (Å²) in [6.45, 7) is 1.82. The first-order valence-electron chi connectivity index (χ1n) is 6.91. The topological polar surface area (TPSA) is 43.4 Å². The lowest BCUT2D eigenvalue weighted by atomic mass is 10.2. The Balaban J connectivity index is 1.86. The van der Waals surface area contributed by atoms with Crippen LogP contribution in [0.2, 0.25) is 0 Å². The predicted octanol–water partition coefficient (Wildman–Crippen LogP) is 2.87. The van der Waals surface area contributed by atoms with E-state index in [2.05, 4.69) is 24.1 Å². The fraction of sp³-hybridized carbons (Fsp3) is 0.312. The standard InChI is InChI=1S/C16H19N3O2/c1-18(2)6-7-19-11-13(10-17-19)15-8-12-4-5-14(20-3)9-16(12)21-15/h4-5,8-11H,6-7H2,1-3H3. The van der Waals surface area contributed by atoms with Crippen molar-refractivity contribution in [3.63, 3.8) is 0 Å². The monoisotopic (exact) mass is 285 g/mol. The Morgan fingerprint density at radius 1 is 1.29 bits per heavy atom. The van der Waals surface area contributed by atoms with Crippen LogP contribution < -0.4 is 4.74 Å². The molecule has 0 amide bonds. The van der Waals surface area contributed by atoms with Gasteiger partial charge in [0.2, 0.25) is 0 Å². The van der Waals surface area contributed by atoms with Crippen LogP contribution in [-0.2, 0) is 6.54 Å². The number of methoxy groups -OCH3 is 1. The maximum absolute atomic E-state index is 5.89. The maximum atomic E-state index is 5.89. The summed E-state index contributed by atoms with van der Waals surface area (Å²) in [7, 11) is 5.76. The number of aromatic nitrogens is 2. The second kappa shape index (κ2) is 5.61. The van der Waals surface area contributed by atoms with Gasteiger partial charge in [-0.15, -0.1) is 0 Å². The molecule has 0 fully saturated rings. The van der Waals surface area contributed by atoms with Crippen LogP contribution in [0.25, 0.3) is 22.3 Å². The predicted molar refractivity (Wildman–Crippen MR) is 82.5 cm³/mol. The van der Waals surface area contributed by atoms with Gasteiger partial charge in [0.25, 0.3) is 0 Å². The highest BCUT2D eigenvalue weighted by Gasteiger charge is 2.09. The molecule has 21 heavy (non-hydrogen) atoms. The van der Waals surface area contributed by atoms with Crippen molar-refractivity contribution in [3.05, 3.63) is 36.7 Å². The summed E-state index contributed by atoms with van der Waals surface area (Å²) in [6, 6.07) is 7.86. The van der Waals surface area contributed by atoms with Crippen molar-refractivity contribution in [2.75, 3.05) is 27.7 Å². The summed E-state index contributed by atoms with van der Waals surface area (Å²) in [6.07, 6.45) is 3.85. The molecule has 0 spiro atoms. The minimum Gasteiger partial charge on any atom is -0.497 e. The zero-order valence-electron chi connectivity index (χ0n) is 12.5. The first-order valence-corrected chi connectivity index (χ1v) is 6.91. The molecule has 5 heteroatoms. The van der Waals surface area contributed by atoms with Gasteiger partial charge in [-0.25, -0.2) is 0 Å².